The minimum absolute atomic E-state index is 0.00183. The van der Waals surface area contributed by atoms with Crippen LogP contribution in [0.3, 0.4) is 0 Å². The Kier molecular flexibility index (Phi) is 6.86. The van der Waals surface area contributed by atoms with E-state index in [0.717, 1.165) is 23.6 Å². The summed E-state index contributed by atoms with van der Waals surface area (Å²) in [6.45, 7) is 0.405. The van der Waals surface area contributed by atoms with Gasteiger partial charge in [0, 0.05) is 32.5 Å². The molecule has 0 atom stereocenters. The van der Waals surface area contributed by atoms with Gasteiger partial charge in [0.15, 0.2) is 0 Å². The van der Waals surface area contributed by atoms with Gasteiger partial charge in [-0.3, -0.25) is 9.78 Å². The molecular formula is C19H24N4O5S2. The molecule has 30 heavy (non-hydrogen) atoms. The van der Waals surface area contributed by atoms with Crippen LogP contribution in [-0.2, 0) is 24.8 Å². The summed E-state index contributed by atoms with van der Waals surface area (Å²) in [5, 5.41) is 2.54. The minimum atomic E-state index is -3.90. The van der Waals surface area contributed by atoms with E-state index in [4.69, 9.17) is 0 Å². The number of nitrogens with zero attached hydrogens (tertiary/aromatic N) is 3. The molecule has 1 fully saturated rings. The van der Waals surface area contributed by atoms with Crippen LogP contribution in [0.1, 0.15) is 19.3 Å². The molecule has 1 aromatic heterocycles. The van der Waals surface area contributed by atoms with Gasteiger partial charge in [-0.1, -0.05) is 18.6 Å². The first-order chi connectivity index (χ1) is 14.2. The fourth-order valence-electron chi connectivity index (χ4n) is 3.20. The van der Waals surface area contributed by atoms with Crippen LogP contribution >= 0.6 is 0 Å². The second-order valence-corrected chi connectivity index (χ2v) is 10.9. The summed E-state index contributed by atoms with van der Waals surface area (Å²) in [7, 11) is -6.38. The summed E-state index contributed by atoms with van der Waals surface area (Å²) < 4.78 is 53.5. The third-order valence-corrected chi connectivity index (χ3v) is 8.55. The predicted octanol–water partition coefficient (Wildman–Crippen LogP) is 1.52. The van der Waals surface area contributed by atoms with Crippen LogP contribution < -0.4 is 5.32 Å². The van der Waals surface area contributed by atoms with Crippen molar-refractivity contribution in [1.82, 2.24) is 13.6 Å². The largest absolute Gasteiger partial charge is 0.324 e. The number of rotatable bonds is 7. The molecule has 11 heteroatoms. The van der Waals surface area contributed by atoms with Crippen LogP contribution in [0.4, 0.5) is 5.69 Å². The van der Waals surface area contributed by atoms with Gasteiger partial charge in [0.2, 0.25) is 26.0 Å². The lowest BCUT2D eigenvalue weighted by Crippen LogP contribution is -2.37. The highest BCUT2D eigenvalue weighted by molar-refractivity contribution is 7.89. The number of amides is 1. The lowest BCUT2D eigenvalue weighted by molar-refractivity contribution is -0.116. The molecule has 0 unspecified atom stereocenters. The van der Waals surface area contributed by atoms with Crippen molar-refractivity contribution >= 4 is 31.6 Å². The molecule has 1 amide bonds. The van der Waals surface area contributed by atoms with Crippen molar-refractivity contribution in [1.29, 1.82) is 0 Å². The molecule has 1 N–H and O–H groups in total. The Morgan fingerprint density at radius 2 is 1.77 bits per heavy atom. The Morgan fingerprint density at radius 1 is 1.07 bits per heavy atom. The number of piperidine rings is 1. The van der Waals surface area contributed by atoms with E-state index in [-0.39, 0.29) is 15.5 Å². The molecular weight excluding hydrogens is 428 g/mol. The number of para-hydroxylation sites is 1. The SMILES string of the molecule is CN(CC(=O)Nc1ccccc1S(=O)(=O)N1CCCCC1)S(=O)(=O)c1cccnc1. The van der Waals surface area contributed by atoms with Crippen molar-refractivity contribution in [3.63, 3.8) is 0 Å². The minimum Gasteiger partial charge on any atom is -0.324 e. The van der Waals surface area contributed by atoms with Crippen LogP contribution in [-0.4, -0.2) is 63.0 Å². The Morgan fingerprint density at radius 3 is 2.43 bits per heavy atom. The van der Waals surface area contributed by atoms with Crippen molar-refractivity contribution in [3.05, 3.63) is 48.8 Å². The van der Waals surface area contributed by atoms with E-state index in [1.165, 1.54) is 48.0 Å². The summed E-state index contributed by atoms with van der Waals surface area (Å²) in [5.41, 5.74) is 0.125. The van der Waals surface area contributed by atoms with E-state index < -0.39 is 32.5 Å². The molecule has 0 radical (unpaired) electrons. The van der Waals surface area contributed by atoms with E-state index in [1.54, 1.807) is 12.1 Å². The van der Waals surface area contributed by atoms with Crippen molar-refractivity contribution in [2.75, 3.05) is 32.0 Å². The molecule has 9 nitrogen and oxygen atoms in total. The third kappa shape index (κ3) is 4.86. The molecule has 1 saturated heterocycles. The lowest BCUT2D eigenvalue weighted by Gasteiger charge is -2.27. The highest BCUT2D eigenvalue weighted by Gasteiger charge is 2.29. The molecule has 2 heterocycles. The molecule has 0 aliphatic carbocycles. The van der Waals surface area contributed by atoms with Crippen molar-refractivity contribution in [3.8, 4) is 0 Å². The number of benzene rings is 1. The summed E-state index contributed by atoms with van der Waals surface area (Å²) in [5.74, 6) is -0.647. The summed E-state index contributed by atoms with van der Waals surface area (Å²) in [4.78, 5) is 16.3. The average Bonchev–Trinajstić information content (AvgIpc) is 2.75. The monoisotopic (exact) mass is 452 g/mol. The smallest absolute Gasteiger partial charge is 0.245 e. The van der Waals surface area contributed by atoms with Crippen LogP contribution in [0, 0.1) is 0 Å². The molecule has 0 bridgehead atoms. The Labute approximate surface area is 176 Å². The first-order valence-corrected chi connectivity index (χ1v) is 12.4. The number of carbonyl (C=O) groups excluding carboxylic acids is 1. The number of aromatic nitrogens is 1. The molecule has 1 aliphatic rings. The van der Waals surface area contributed by atoms with E-state index in [2.05, 4.69) is 10.3 Å². The first-order valence-electron chi connectivity index (χ1n) is 9.48. The van der Waals surface area contributed by atoms with Gasteiger partial charge in [0.25, 0.3) is 0 Å². The number of hydrogen-bond acceptors (Lipinski definition) is 6. The highest BCUT2D eigenvalue weighted by atomic mass is 32.2. The van der Waals surface area contributed by atoms with Crippen LogP contribution in [0.15, 0.2) is 58.6 Å². The van der Waals surface area contributed by atoms with Gasteiger partial charge in [-0.15, -0.1) is 0 Å². The van der Waals surface area contributed by atoms with E-state index in [0.29, 0.717) is 13.1 Å². The lowest BCUT2D eigenvalue weighted by atomic mass is 10.2. The van der Waals surface area contributed by atoms with Crippen molar-refractivity contribution in [2.45, 2.75) is 29.1 Å². The van der Waals surface area contributed by atoms with Crippen LogP contribution in [0.5, 0.6) is 0 Å². The van der Waals surface area contributed by atoms with Gasteiger partial charge >= 0.3 is 0 Å². The summed E-state index contributed by atoms with van der Waals surface area (Å²) >= 11 is 0. The molecule has 3 rings (SSSR count). The number of anilines is 1. The van der Waals surface area contributed by atoms with Crippen LogP contribution in [0.2, 0.25) is 0 Å². The number of likely N-dealkylation sites (N-methyl/N-ethyl adjacent to an activating group) is 1. The zero-order valence-corrected chi connectivity index (χ0v) is 18.2. The number of sulfonamides is 2. The quantitative estimate of drug-likeness (QED) is 0.681. The van der Waals surface area contributed by atoms with Gasteiger partial charge < -0.3 is 5.32 Å². The van der Waals surface area contributed by atoms with Crippen molar-refractivity contribution in [2.24, 2.45) is 0 Å². The second kappa shape index (κ2) is 9.21. The molecule has 0 saturated carbocycles. The number of carbonyl (C=O) groups is 1. The van der Waals surface area contributed by atoms with Crippen LogP contribution in [0.25, 0.3) is 0 Å². The Hall–Kier alpha value is -2.34. The number of pyridine rings is 1. The topological polar surface area (TPSA) is 117 Å². The average molecular weight is 453 g/mol. The number of nitrogens with one attached hydrogen (secondary N) is 1. The molecule has 1 aromatic carbocycles. The first kappa shape index (κ1) is 22.3. The summed E-state index contributed by atoms with van der Waals surface area (Å²) in [6, 6.07) is 9.01. The highest BCUT2D eigenvalue weighted by Crippen LogP contribution is 2.27. The maximum Gasteiger partial charge on any atom is 0.245 e. The third-order valence-electron chi connectivity index (χ3n) is 4.80. The zero-order valence-electron chi connectivity index (χ0n) is 16.6. The fraction of sp³-hybridized carbons (Fsp3) is 0.368. The Balaban J connectivity index is 1.76. The standard InChI is InChI=1S/C19H24N4O5S2/c1-22(29(25,26)16-8-7-11-20-14-16)15-19(24)21-17-9-3-4-10-18(17)30(27,28)23-12-5-2-6-13-23/h3-4,7-11,14H,2,5-6,12-13,15H2,1H3,(H,21,24). The van der Waals surface area contributed by atoms with Crippen molar-refractivity contribution < 1.29 is 21.6 Å². The van der Waals surface area contributed by atoms with E-state index >= 15 is 0 Å². The number of hydrogen-bond donors (Lipinski definition) is 1. The molecule has 1 aliphatic heterocycles. The molecule has 162 valence electrons. The van der Waals surface area contributed by atoms with Gasteiger partial charge in [-0.2, -0.15) is 8.61 Å². The molecule has 2 aromatic rings. The second-order valence-electron chi connectivity index (χ2n) is 6.96. The molecule has 0 spiro atoms. The summed E-state index contributed by atoms with van der Waals surface area (Å²) in [6.07, 6.45) is 5.23. The maximum absolute atomic E-state index is 13.0. The fourth-order valence-corrected chi connectivity index (χ4v) is 5.95. The van der Waals surface area contributed by atoms with Gasteiger partial charge in [0.05, 0.1) is 12.2 Å². The zero-order chi connectivity index (χ0) is 21.8. The van der Waals surface area contributed by atoms with Gasteiger partial charge in [-0.05, 0) is 37.1 Å². The van der Waals surface area contributed by atoms with E-state index in [9.17, 15) is 21.6 Å². The van der Waals surface area contributed by atoms with Gasteiger partial charge in [0.1, 0.15) is 9.79 Å². The maximum atomic E-state index is 13.0. The Bertz CT molecular complexity index is 1100. The van der Waals surface area contributed by atoms with E-state index in [1.807, 2.05) is 0 Å². The normalized spacial score (nSPS) is 15.8. The van der Waals surface area contributed by atoms with Gasteiger partial charge in [-0.25, -0.2) is 16.8 Å². The predicted molar refractivity (Wildman–Crippen MR) is 112 cm³/mol.